The number of benzene rings is 2. The molecule has 0 fully saturated rings. The highest BCUT2D eigenvalue weighted by Crippen LogP contribution is 2.39. The molecule has 0 radical (unpaired) electrons. The van der Waals surface area contributed by atoms with Crippen LogP contribution in [0.4, 0.5) is 11.4 Å². The molecule has 0 atom stereocenters. The normalized spacial score (nSPS) is 16.0. The first-order chi connectivity index (χ1) is 11.9. The Morgan fingerprint density at radius 3 is 2.52 bits per heavy atom. The van der Waals surface area contributed by atoms with Crippen LogP contribution in [0.25, 0.3) is 5.57 Å². The van der Waals surface area contributed by atoms with Gasteiger partial charge in [-0.15, -0.1) is 0 Å². The van der Waals surface area contributed by atoms with Crippen LogP contribution in [0, 0.1) is 0 Å². The average Bonchev–Trinajstić information content (AvgIpc) is 2.58. The summed E-state index contributed by atoms with van der Waals surface area (Å²) < 4.78 is 0. The molecule has 0 amide bonds. The third kappa shape index (κ3) is 3.80. The van der Waals surface area contributed by atoms with E-state index >= 15 is 0 Å². The lowest BCUT2D eigenvalue weighted by Gasteiger charge is -2.43. The average molecular weight is 353 g/mol. The zero-order chi connectivity index (χ0) is 18.0. The molecule has 0 saturated heterocycles. The molecule has 130 valence electrons. The van der Waals surface area contributed by atoms with Crippen LogP contribution in [0.5, 0.6) is 0 Å². The van der Waals surface area contributed by atoms with Crippen molar-refractivity contribution >= 4 is 34.8 Å². The number of anilines is 1. The van der Waals surface area contributed by atoms with Gasteiger partial charge in [0.15, 0.2) is 0 Å². The van der Waals surface area contributed by atoms with Crippen molar-refractivity contribution in [2.75, 3.05) is 11.4 Å². The van der Waals surface area contributed by atoms with Crippen molar-refractivity contribution in [3.05, 3.63) is 64.7 Å². The molecule has 2 aromatic carbocycles. The minimum absolute atomic E-state index is 0.0476. The Bertz CT molecular complexity index is 816. The highest BCUT2D eigenvalue weighted by molar-refractivity contribution is 6.30. The molecule has 0 N–H and O–H groups in total. The van der Waals surface area contributed by atoms with Crippen LogP contribution in [-0.2, 0) is 0 Å². The van der Waals surface area contributed by atoms with E-state index in [4.69, 9.17) is 11.6 Å². The maximum absolute atomic E-state index is 5.92. The lowest BCUT2D eigenvalue weighted by molar-refractivity contribution is 0.550. The largest absolute Gasteiger partial charge is 0.362 e. The first-order valence-corrected chi connectivity index (χ1v) is 9.19. The molecule has 3 rings (SSSR count). The van der Waals surface area contributed by atoms with Crippen LogP contribution in [0.2, 0.25) is 5.02 Å². The fraction of sp³-hybridized carbons (Fsp3) is 0.318. The summed E-state index contributed by atoms with van der Waals surface area (Å²) in [5.41, 5.74) is 6.00. The van der Waals surface area contributed by atoms with Gasteiger partial charge in [0.25, 0.3) is 0 Å². The number of hydrogen-bond acceptors (Lipinski definition) is 2. The van der Waals surface area contributed by atoms with E-state index in [1.807, 2.05) is 30.5 Å². The minimum atomic E-state index is 0.0476. The molecule has 0 aliphatic carbocycles. The van der Waals surface area contributed by atoms with Crippen molar-refractivity contribution in [2.24, 2.45) is 4.99 Å². The SMILES string of the molecule is CCCN1c2ccc(C=Nc3ccc(Cl)cc3)cc2C(C)=CC1(C)C. The van der Waals surface area contributed by atoms with Gasteiger partial charge in [0.1, 0.15) is 0 Å². The van der Waals surface area contributed by atoms with Gasteiger partial charge in [-0.25, -0.2) is 0 Å². The molecular formula is C22H25ClN2. The molecule has 25 heavy (non-hydrogen) atoms. The number of halogens is 1. The molecule has 1 aliphatic heterocycles. The van der Waals surface area contributed by atoms with Crippen LogP contribution in [-0.4, -0.2) is 18.3 Å². The predicted octanol–water partition coefficient (Wildman–Crippen LogP) is 6.50. The van der Waals surface area contributed by atoms with Crippen molar-refractivity contribution in [2.45, 2.75) is 39.7 Å². The Labute approximate surface area is 155 Å². The number of allylic oxidation sites excluding steroid dienone is 1. The molecule has 1 aliphatic rings. The minimum Gasteiger partial charge on any atom is -0.362 e. The van der Waals surface area contributed by atoms with Gasteiger partial charge in [0, 0.05) is 29.0 Å². The van der Waals surface area contributed by atoms with Crippen LogP contribution < -0.4 is 4.90 Å². The third-order valence-electron chi connectivity index (χ3n) is 4.64. The van der Waals surface area contributed by atoms with Crippen molar-refractivity contribution < 1.29 is 0 Å². The number of fused-ring (bicyclic) bond motifs is 1. The Morgan fingerprint density at radius 1 is 1.12 bits per heavy atom. The fourth-order valence-corrected chi connectivity index (χ4v) is 3.62. The van der Waals surface area contributed by atoms with E-state index in [2.05, 4.69) is 61.9 Å². The molecule has 0 unspecified atom stereocenters. The number of rotatable bonds is 4. The van der Waals surface area contributed by atoms with Gasteiger partial charge < -0.3 is 4.90 Å². The zero-order valence-electron chi connectivity index (χ0n) is 15.4. The molecule has 0 saturated carbocycles. The topological polar surface area (TPSA) is 15.6 Å². The van der Waals surface area contributed by atoms with E-state index in [-0.39, 0.29) is 5.54 Å². The number of aliphatic imine (C=N–C) groups is 1. The highest BCUT2D eigenvalue weighted by atomic mass is 35.5. The molecular weight excluding hydrogens is 328 g/mol. The lowest BCUT2D eigenvalue weighted by atomic mass is 9.88. The van der Waals surface area contributed by atoms with Crippen molar-refractivity contribution in [1.82, 2.24) is 0 Å². The van der Waals surface area contributed by atoms with Crippen LogP contribution in [0.3, 0.4) is 0 Å². The standard InChI is InChI=1S/C22H25ClN2/c1-5-12-25-21-11-6-17(13-20(21)16(2)14-22(25,3)4)15-24-19-9-7-18(23)8-10-19/h6-11,13-15H,5,12H2,1-4H3. The van der Waals surface area contributed by atoms with Gasteiger partial charge in [-0.2, -0.15) is 0 Å². The predicted molar refractivity (Wildman–Crippen MR) is 111 cm³/mol. The van der Waals surface area contributed by atoms with E-state index < -0.39 is 0 Å². The Morgan fingerprint density at radius 2 is 1.84 bits per heavy atom. The first kappa shape index (κ1) is 17.8. The van der Waals surface area contributed by atoms with E-state index in [0.717, 1.165) is 29.2 Å². The molecule has 0 bridgehead atoms. The van der Waals surface area contributed by atoms with Gasteiger partial charge in [0.2, 0.25) is 0 Å². The molecule has 2 nitrogen and oxygen atoms in total. The summed E-state index contributed by atoms with van der Waals surface area (Å²) in [6.45, 7) is 10.1. The van der Waals surface area contributed by atoms with Crippen LogP contribution in [0.1, 0.15) is 45.2 Å². The Hall–Kier alpha value is -2.06. The van der Waals surface area contributed by atoms with E-state index in [9.17, 15) is 0 Å². The summed E-state index contributed by atoms with van der Waals surface area (Å²) in [5.74, 6) is 0. The second kappa shape index (κ2) is 7.05. The number of nitrogens with zero attached hydrogens (tertiary/aromatic N) is 2. The van der Waals surface area contributed by atoms with Gasteiger partial charge in [-0.05, 0) is 74.7 Å². The second-order valence-electron chi connectivity index (χ2n) is 7.14. The van der Waals surface area contributed by atoms with Crippen molar-refractivity contribution in [3.8, 4) is 0 Å². The molecule has 0 spiro atoms. The van der Waals surface area contributed by atoms with Crippen LogP contribution >= 0.6 is 11.6 Å². The summed E-state index contributed by atoms with van der Waals surface area (Å²) in [5, 5.41) is 0.729. The molecule has 1 heterocycles. The quantitative estimate of drug-likeness (QED) is 0.573. The maximum Gasteiger partial charge on any atom is 0.0630 e. The summed E-state index contributed by atoms with van der Waals surface area (Å²) in [6, 6.07) is 14.2. The van der Waals surface area contributed by atoms with E-state index in [1.54, 1.807) is 0 Å². The molecule has 3 heteroatoms. The summed E-state index contributed by atoms with van der Waals surface area (Å²) in [6.07, 6.45) is 5.42. The third-order valence-corrected chi connectivity index (χ3v) is 4.89. The summed E-state index contributed by atoms with van der Waals surface area (Å²) in [4.78, 5) is 7.05. The summed E-state index contributed by atoms with van der Waals surface area (Å²) in [7, 11) is 0. The fourth-order valence-electron chi connectivity index (χ4n) is 3.49. The van der Waals surface area contributed by atoms with Gasteiger partial charge in [-0.1, -0.05) is 30.7 Å². The lowest BCUT2D eigenvalue weighted by Crippen LogP contribution is -2.45. The molecule has 2 aromatic rings. The van der Waals surface area contributed by atoms with E-state index in [1.165, 1.54) is 16.8 Å². The monoisotopic (exact) mass is 352 g/mol. The summed E-state index contributed by atoms with van der Waals surface area (Å²) >= 11 is 5.92. The smallest absolute Gasteiger partial charge is 0.0630 e. The van der Waals surface area contributed by atoms with Crippen molar-refractivity contribution in [3.63, 3.8) is 0 Å². The first-order valence-electron chi connectivity index (χ1n) is 8.82. The second-order valence-corrected chi connectivity index (χ2v) is 7.58. The van der Waals surface area contributed by atoms with Gasteiger partial charge in [-0.3, -0.25) is 4.99 Å². The van der Waals surface area contributed by atoms with Gasteiger partial charge in [0.05, 0.1) is 11.2 Å². The van der Waals surface area contributed by atoms with Gasteiger partial charge >= 0.3 is 0 Å². The van der Waals surface area contributed by atoms with Crippen molar-refractivity contribution in [1.29, 1.82) is 0 Å². The zero-order valence-corrected chi connectivity index (χ0v) is 16.1. The van der Waals surface area contributed by atoms with Crippen LogP contribution in [0.15, 0.2) is 53.5 Å². The Balaban J connectivity index is 1.93. The molecule has 0 aromatic heterocycles. The van der Waals surface area contributed by atoms with E-state index in [0.29, 0.717) is 0 Å². The number of hydrogen-bond donors (Lipinski definition) is 0. The highest BCUT2D eigenvalue weighted by Gasteiger charge is 2.30. The maximum atomic E-state index is 5.92. The Kier molecular flexibility index (Phi) is 5.01.